The SMILES string of the molecule is CN1CCN(c2cnc3c(C4(C)CCN(C(=O)c5ccc6c(ccn6C)c5)CC4)ncnc3c2)CC1. The number of likely N-dealkylation sites (N-methyl/N-ethyl adjacent to an activating group) is 1. The Labute approximate surface area is 211 Å². The number of carbonyl (C=O) groups excluding carboxylic acids is 1. The van der Waals surface area contributed by atoms with Crippen molar-refractivity contribution in [1.29, 1.82) is 0 Å². The van der Waals surface area contributed by atoms with Crippen LogP contribution < -0.4 is 4.90 Å². The Morgan fingerprint density at radius 3 is 2.47 bits per heavy atom. The average molecular weight is 484 g/mol. The van der Waals surface area contributed by atoms with E-state index in [0.29, 0.717) is 13.1 Å². The van der Waals surface area contributed by atoms with Gasteiger partial charge in [0, 0.05) is 74.4 Å². The third kappa shape index (κ3) is 3.99. The predicted molar refractivity (Wildman–Crippen MR) is 142 cm³/mol. The molecule has 0 radical (unpaired) electrons. The van der Waals surface area contributed by atoms with Gasteiger partial charge in [-0.15, -0.1) is 0 Å². The van der Waals surface area contributed by atoms with Crippen LogP contribution in [-0.2, 0) is 12.5 Å². The summed E-state index contributed by atoms with van der Waals surface area (Å²) < 4.78 is 2.07. The molecule has 0 aliphatic carbocycles. The molecule has 0 spiro atoms. The molecule has 0 unspecified atom stereocenters. The standard InChI is InChI=1S/C28H33N7O/c1-28(7-10-35(11-8-28)27(36)21-4-5-24-20(16-21)6-9-33(24)3)26-25-23(30-19-31-26)17-22(18-29-25)34-14-12-32(2)13-15-34/h4-6,9,16-19H,7-8,10-15H2,1-3H3. The summed E-state index contributed by atoms with van der Waals surface area (Å²) in [4.78, 5) is 34.2. The lowest BCUT2D eigenvalue weighted by Crippen LogP contribution is -2.44. The van der Waals surface area contributed by atoms with Crippen molar-refractivity contribution >= 4 is 33.5 Å². The Kier molecular flexibility index (Phi) is 5.63. The number of rotatable bonds is 3. The molecule has 4 aromatic rings. The lowest BCUT2D eigenvalue weighted by Gasteiger charge is -2.39. The number of pyridine rings is 1. The molecule has 36 heavy (non-hydrogen) atoms. The first-order valence-electron chi connectivity index (χ1n) is 12.8. The number of nitrogens with zero attached hydrogens (tertiary/aromatic N) is 7. The number of piperazine rings is 1. The minimum atomic E-state index is -0.149. The monoisotopic (exact) mass is 483 g/mol. The zero-order valence-electron chi connectivity index (χ0n) is 21.3. The number of hydrogen-bond acceptors (Lipinski definition) is 6. The Morgan fingerprint density at radius 1 is 0.917 bits per heavy atom. The second kappa shape index (κ2) is 8.85. The van der Waals surface area contributed by atoms with Gasteiger partial charge in [0.15, 0.2) is 0 Å². The highest BCUT2D eigenvalue weighted by atomic mass is 16.2. The van der Waals surface area contributed by atoms with Gasteiger partial charge in [0.25, 0.3) is 5.91 Å². The van der Waals surface area contributed by atoms with Crippen LogP contribution >= 0.6 is 0 Å². The molecule has 0 saturated carbocycles. The minimum Gasteiger partial charge on any atom is -0.368 e. The van der Waals surface area contributed by atoms with E-state index in [-0.39, 0.29) is 11.3 Å². The first-order valence-corrected chi connectivity index (χ1v) is 12.8. The molecule has 5 heterocycles. The maximum atomic E-state index is 13.3. The van der Waals surface area contributed by atoms with Gasteiger partial charge >= 0.3 is 0 Å². The van der Waals surface area contributed by atoms with Crippen LogP contribution in [-0.4, -0.2) is 81.5 Å². The Morgan fingerprint density at radius 2 is 1.69 bits per heavy atom. The second-order valence-electron chi connectivity index (χ2n) is 10.6. The van der Waals surface area contributed by atoms with E-state index in [2.05, 4.69) is 45.5 Å². The molecule has 6 rings (SSSR count). The summed E-state index contributed by atoms with van der Waals surface area (Å²) in [6, 6.07) is 10.2. The number of anilines is 1. The summed E-state index contributed by atoms with van der Waals surface area (Å²) in [5.74, 6) is 0.102. The maximum absolute atomic E-state index is 13.3. The van der Waals surface area contributed by atoms with E-state index in [1.807, 2.05) is 42.5 Å². The van der Waals surface area contributed by atoms with E-state index in [0.717, 1.165) is 77.9 Å². The molecule has 1 aromatic carbocycles. The largest absolute Gasteiger partial charge is 0.368 e. The van der Waals surface area contributed by atoms with Gasteiger partial charge < -0.3 is 19.3 Å². The topological polar surface area (TPSA) is 70.4 Å². The van der Waals surface area contributed by atoms with Crippen molar-refractivity contribution in [2.45, 2.75) is 25.2 Å². The molecule has 8 heteroatoms. The van der Waals surface area contributed by atoms with Crippen LogP contribution in [0.4, 0.5) is 5.69 Å². The molecule has 3 aromatic heterocycles. The molecule has 0 bridgehead atoms. The van der Waals surface area contributed by atoms with Gasteiger partial charge in [0.1, 0.15) is 11.8 Å². The van der Waals surface area contributed by atoms with Crippen molar-refractivity contribution in [3.63, 3.8) is 0 Å². The summed E-state index contributed by atoms with van der Waals surface area (Å²) in [6.45, 7) is 7.77. The van der Waals surface area contributed by atoms with Crippen molar-refractivity contribution in [3.05, 3.63) is 60.3 Å². The fraction of sp³-hybridized carbons (Fsp3) is 0.429. The zero-order valence-corrected chi connectivity index (χ0v) is 21.3. The summed E-state index contributed by atoms with van der Waals surface area (Å²) in [5, 5.41) is 1.10. The normalized spacial score (nSPS) is 18.8. The van der Waals surface area contributed by atoms with E-state index in [9.17, 15) is 4.79 Å². The predicted octanol–water partition coefficient (Wildman–Crippen LogP) is 3.46. The van der Waals surface area contributed by atoms with Crippen LogP contribution in [0.3, 0.4) is 0 Å². The fourth-order valence-corrected chi connectivity index (χ4v) is 5.65. The van der Waals surface area contributed by atoms with Crippen molar-refractivity contribution < 1.29 is 4.79 Å². The maximum Gasteiger partial charge on any atom is 0.253 e. The Bertz CT molecular complexity index is 1430. The molecule has 186 valence electrons. The highest BCUT2D eigenvalue weighted by Gasteiger charge is 2.36. The highest BCUT2D eigenvalue weighted by Crippen LogP contribution is 2.37. The van der Waals surface area contributed by atoms with Crippen LogP contribution in [0.1, 0.15) is 35.8 Å². The van der Waals surface area contributed by atoms with Gasteiger partial charge in [-0.05, 0) is 50.2 Å². The molecule has 2 aliphatic heterocycles. The number of aryl methyl sites for hydroxylation is 1. The van der Waals surface area contributed by atoms with E-state index < -0.39 is 0 Å². The van der Waals surface area contributed by atoms with Gasteiger partial charge in [0.05, 0.1) is 23.1 Å². The zero-order chi connectivity index (χ0) is 24.9. The lowest BCUT2D eigenvalue weighted by atomic mass is 9.76. The van der Waals surface area contributed by atoms with Crippen molar-refractivity contribution in [3.8, 4) is 0 Å². The summed E-state index contributed by atoms with van der Waals surface area (Å²) in [7, 11) is 4.19. The molecule has 8 nitrogen and oxygen atoms in total. The minimum absolute atomic E-state index is 0.102. The number of carbonyl (C=O) groups is 1. The lowest BCUT2D eigenvalue weighted by molar-refractivity contribution is 0.0674. The number of fused-ring (bicyclic) bond motifs is 2. The summed E-state index contributed by atoms with van der Waals surface area (Å²) in [6.07, 6.45) is 7.37. The molecule has 0 atom stereocenters. The van der Waals surface area contributed by atoms with Crippen LogP contribution in [0, 0.1) is 0 Å². The molecule has 2 saturated heterocycles. The first kappa shape index (κ1) is 22.9. The third-order valence-electron chi connectivity index (χ3n) is 8.19. The van der Waals surface area contributed by atoms with Gasteiger partial charge in [-0.25, -0.2) is 9.97 Å². The van der Waals surface area contributed by atoms with E-state index in [4.69, 9.17) is 9.97 Å². The number of amides is 1. The molecule has 2 aliphatic rings. The number of benzene rings is 1. The van der Waals surface area contributed by atoms with Gasteiger partial charge in [0.2, 0.25) is 0 Å². The Hall–Kier alpha value is -3.52. The van der Waals surface area contributed by atoms with Crippen LogP contribution in [0.5, 0.6) is 0 Å². The summed E-state index contributed by atoms with van der Waals surface area (Å²) >= 11 is 0. The Balaban J connectivity index is 1.20. The number of piperidine rings is 1. The van der Waals surface area contributed by atoms with Crippen molar-refractivity contribution in [1.82, 2.24) is 29.3 Å². The van der Waals surface area contributed by atoms with Gasteiger partial charge in [-0.3, -0.25) is 9.78 Å². The average Bonchev–Trinajstić information content (AvgIpc) is 3.28. The second-order valence-corrected chi connectivity index (χ2v) is 10.6. The first-order chi connectivity index (χ1) is 17.4. The molecule has 2 fully saturated rings. The van der Waals surface area contributed by atoms with Crippen LogP contribution in [0.25, 0.3) is 21.9 Å². The highest BCUT2D eigenvalue weighted by molar-refractivity contribution is 5.98. The van der Waals surface area contributed by atoms with Crippen molar-refractivity contribution in [2.24, 2.45) is 7.05 Å². The molecular formula is C28H33N7O. The molecule has 1 amide bonds. The fourth-order valence-electron chi connectivity index (χ4n) is 5.65. The van der Waals surface area contributed by atoms with Crippen molar-refractivity contribution in [2.75, 3.05) is 51.2 Å². The van der Waals surface area contributed by atoms with Crippen LogP contribution in [0.2, 0.25) is 0 Å². The molecular weight excluding hydrogens is 450 g/mol. The van der Waals surface area contributed by atoms with Gasteiger partial charge in [-0.1, -0.05) is 6.92 Å². The van der Waals surface area contributed by atoms with E-state index >= 15 is 0 Å². The molecule has 0 N–H and O–H groups in total. The van der Waals surface area contributed by atoms with E-state index in [1.165, 1.54) is 0 Å². The quantitative estimate of drug-likeness (QED) is 0.445. The number of hydrogen-bond donors (Lipinski definition) is 0. The van der Waals surface area contributed by atoms with Gasteiger partial charge in [-0.2, -0.15) is 0 Å². The third-order valence-corrected chi connectivity index (χ3v) is 8.19. The smallest absolute Gasteiger partial charge is 0.253 e. The number of likely N-dealkylation sites (tertiary alicyclic amines) is 1. The van der Waals surface area contributed by atoms with E-state index in [1.54, 1.807) is 6.33 Å². The van der Waals surface area contributed by atoms with Crippen LogP contribution in [0.15, 0.2) is 49.1 Å². The summed E-state index contributed by atoms with van der Waals surface area (Å²) in [5.41, 5.74) is 5.64. The number of aromatic nitrogens is 4.